The highest BCUT2D eigenvalue weighted by Crippen LogP contribution is 2.09. The van der Waals surface area contributed by atoms with Crippen LogP contribution in [0, 0.1) is 11.8 Å². The Morgan fingerprint density at radius 2 is 2.08 bits per heavy atom. The predicted octanol–water partition coefficient (Wildman–Crippen LogP) is 1.41. The molecule has 0 aromatic carbocycles. The lowest BCUT2D eigenvalue weighted by Gasteiger charge is -2.29. The second kappa shape index (κ2) is 6.05. The second-order valence-electron chi connectivity index (χ2n) is 2.63. The van der Waals surface area contributed by atoms with E-state index in [0.717, 1.165) is 19.7 Å². The summed E-state index contributed by atoms with van der Waals surface area (Å²) in [6, 6.07) is 0. The lowest BCUT2D eigenvalue weighted by molar-refractivity contribution is -0.00982. The van der Waals surface area contributed by atoms with Crippen molar-refractivity contribution in [3.63, 3.8) is 0 Å². The summed E-state index contributed by atoms with van der Waals surface area (Å²) in [6.45, 7) is 10.4. The third kappa shape index (κ3) is 3.75. The van der Waals surface area contributed by atoms with Crippen molar-refractivity contribution in [1.82, 2.24) is 5.32 Å². The lowest BCUT2D eigenvalue weighted by Crippen LogP contribution is -2.46. The van der Waals surface area contributed by atoms with Gasteiger partial charge in [0.1, 0.15) is 5.60 Å². The van der Waals surface area contributed by atoms with Crippen molar-refractivity contribution in [2.24, 2.45) is 0 Å². The van der Waals surface area contributed by atoms with Gasteiger partial charge >= 0.3 is 0 Å². The van der Waals surface area contributed by atoms with Gasteiger partial charge in [0.25, 0.3) is 0 Å². The smallest absolute Gasteiger partial charge is 0.138 e. The number of hydrogen-bond donors (Lipinski definition) is 1. The van der Waals surface area contributed by atoms with E-state index in [1.165, 1.54) is 0 Å². The van der Waals surface area contributed by atoms with Crippen molar-refractivity contribution in [1.29, 1.82) is 0 Å². The van der Waals surface area contributed by atoms with Crippen LogP contribution in [0.1, 0.15) is 27.7 Å². The van der Waals surface area contributed by atoms with Crippen LogP contribution < -0.4 is 5.32 Å². The Labute approximate surface area is 75.7 Å². The monoisotopic (exact) mass is 169 g/mol. The maximum Gasteiger partial charge on any atom is 0.138 e. The highest BCUT2D eigenvalue weighted by Gasteiger charge is 2.24. The van der Waals surface area contributed by atoms with Gasteiger partial charge in [-0.05, 0) is 13.8 Å². The summed E-state index contributed by atoms with van der Waals surface area (Å²) in [5.74, 6) is 5.89. The Morgan fingerprint density at radius 1 is 1.42 bits per heavy atom. The van der Waals surface area contributed by atoms with Crippen LogP contribution >= 0.6 is 0 Å². The highest BCUT2D eigenvalue weighted by molar-refractivity contribution is 5.13. The van der Waals surface area contributed by atoms with Gasteiger partial charge in [-0.25, -0.2) is 0 Å². The molecule has 1 N–H and O–H groups in total. The average Bonchev–Trinajstić information content (AvgIpc) is 2.09. The Kier molecular flexibility index (Phi) is 5.79. The molecule has 0 aromatic heterocycles. The van der Waals surface area contributed by atoms with Crippen LogP contribution in [0.4, 0.5) is 0 Å². The number of rotatable bonds is 0. The molecule has 0 bridgehead atoms. The minimum atomic E-state index is -0.243. The standard InChI is InChI=1S/C8H13NO.C2H6/c1-3-4-8(2)7-9-5-6-10-8;1-2/h9H,5-7H2,1-2H3;1-2H3/t8-;/m1./s1. The first-order valence-electron chi connectivity index (χ1n) is 4.55. The molecule has 0 spiro atoms. The SMILES string of the molecule is CC.CC#C[C@]1(C)CNCCO1. The number of nitrogens with one attached hydrogen (secondary N) is 1. The molecule has 1 saturated heterocycles. The number of ether oxygens (including phenoxy) is 1. The Morgan fingerprint density at radius 3 is 2.50 bits per heavy atom. The highest BCUT2D eigenvalue weighted by atomic mass is 16.5. The van der Waals surface area contributed by atoms with E-state index in [1.54, 1.807) is 0 Å². The van der Waals surface area contributed by atoms with Crippen LogP contribution in [0.25, 0.3) is 0 Å². The zero-order valence-corrected chi connectivity index (χ0v) is 8.53. The van der Waals surface area contributed by atoms with Gasteiger partial charge in [0, 0.05) is 13.1 Å². The summed E-state index contributed by atoms with van der Waals surface area (Å²) < 4.78 is 5.47. The van der Waals surface area contributed by atoms with E-state index in [9.17, 15) is 0 Å². The molecule has 12 heavy (non-hydrogen) atoms. The van der Waals surface area contributed by atoms with E-state index >= 15 is 0 Å². The van der Waals surface area contributed by atoms with Gasteiger partial charge in [0.15, 0.2) is 0 Å². The summed E-state index contributed by atoms with van der Waals surface area (Å²) in [5.41, 5.74) is -0.243. The summed E-state index contributed by atoms with van der Waals surface area (Å²) in [5, 5.41) is 3.23. The molecule has 70 valence electrons. The van der Waals surface area contributed by atoms with Crippen molar-refractivity contribution in [3.05, 3.63) is 0 Å². The van der Waals surface area contributed by atoms with E-state index in [0.29, 0.717) is 0 Å². The van der Waals surface area contributed by atoms with Gasteiger partial charge in [0.05, 0.1) is 6.61 Å². The van der Waals surface area contributed by atoms with E-state index in [2.05, 4.69) is 17.2 Å². The molecule has 0 unspecified atom stereocenters. The Bertz CT molecular complexity index is 160. The third-order valence-corrected chi connectivity index (χ3v) is 1.55. The minimum Gasteiger partial charge on any atom is -0.360 e. The summed E-state index contributed by atoms with van der Waals surface area (Å²) in [7, 11) is 0. The first-order valence-corrected chi connectivity index (χ1v) is 4.55. The second-order valence-corrected chi connectivity index (χ2v) is 2.63. The molecule has 1 aliphatic heterocycles. The fraction of sp³-hybridized carbons (Fsp3) is 0.800. The van der Waals surface area contributed by atoms with Crippen molar-refractivity contribution in [2.45, 2.75) is 33.3 Å². The largest absolute Gasteiger partial charge is 0.360 e. The zero-order valence-electron chi connectivity index (χ0n) is 8.53. The molecule has 0 aromatic rings. The molecule has 2 nitrogen and oxygen atoms in total. The summed E-state index contributed by atoms with van der Waals surface area (Å²) >= 11 is 0. The molecule has 0 saturated carbocycles. The molecule has 1 aliphatic rings. The van der Waals surface area contributed by atoms with Crippen LogP contribution in [0.3, 0.4) is 0 Å². The topological polar surface area (TPSA) is 21.3 Å². The number of morpholine rings is 1. The van der Waals surface area contributed by atoms with Crippen molar-refractivity contribution >= 4 is 0 Å². The molecule has 2 heteroatoms. The average molecular weight is 169 g/mol. The Hall–Kier alpha value is -0.520. The van der Waals surface area contributed by atoms with Gasteiger partial charge in [-0.1, -0.05) is 19.8 Å². The van der Waals surface area contributed by atoms with Gasteiger partial charge in [-0.15, -0.1) is 5.92 Å². The quantitative estimate of drug-likeness (QED) is 0.554. The van der Waals surface area contributed by atoms with Crippen molar-refractivity contribution in [2.75, 3.05) is 19.7 Å². The minimum absolute atomic E-state index is 0.243. The summed E-state index contributed by atoms with van der Waals surface area (Å²) in [6.07, 6.45) is 0. The van der Waals surface area contributed by atoms with E-state index < -0.39 is 0 Å². The van der Waals surface area contributed by atoms with Crippen molar-refractivity contribution < 1.29 is 4.74 Å². The Balaban J connectivity index is 0.000000561. The van der Waals surface area contributed by atoms with E-state index in [1.807, 2.05) is 27.7 Å². The van der Waals surface area contributed by atoms with Gasteiger partial charge in [0.2, 0.25) is 0 Å². The number of hydrogen-bond acceptors (Lipinski definition) is 2. The van der Waals surface area contributed by atoms with Gasteiger partial charge in [-0.3, -0.25) is 0 Å². The fourth-order valence-corrected chi connectivity index (χ4v) is 1.07. The molecular formula is C10H19NO. The van der Waals surface area contributed by atoms with Crippen molar-refractivity contribution in [3.8, 4) is 11.8 Å². The van der Waals surface area contributed by atoms with Gasteiger partial charge < -0.3 is 10.1 Å². The zero-order chi connectivity index (χ0) is 9.45. The van der Waals surface area contributed by atoms with E-state index in [-0.39, 0.29) is 5.60 Å². The molecule has 1 fully saturated rings. The molecule has 1 rings (SSSR count). The molecule has 0 aliphatic carbocycles. The molecule has 0 radical (unpaired) electrons. The maximum atomic E-state index is 5.47. The van der Waals surface area contributed by atoms with Crippen LogP contribution in [0.2, 0.25) is 0 Å². The van der Waals surface area contributed by atoms with Gasteiger partial charge in [-0.2, -0.15) is 0 Å². The first kappa shape index (κ1) is 11.5. The van der Waals surface area contributed by atoms with Crippen LogP contribution in [-0.2, 0) is 4.74 Å². The van der Waals surface area contributed by atoms with Crippen LogP contribution in [-0.4, -0.2) is 25.3 Å². The molecule has 1 atom stereocenters. The lowest BCUT2D eigenvalue weighted by atomic mass is 10.1. The molecule has 0 amide bonds. The molecular weight excluding hydrogens is 150 g/mol. The fourth-order valence-electron chi connectivity index (χ4n) is 1.07. The normalized spacial score (nSPS) is 27.7. The maximum absolute atomic E-state index is 5.47. The van der Waals surface area contributed by atoms with Crippen LogP contribution in [0.5, 0.6) is 0 Å². The first-order chi connectivity index (χ1) is 5.77. The predicted molar refractivity (Wildman–Crippen MR) is 52.0 cm³/mol. The summed E-state index contributed by atoms with van der Waals surface area (Å²) in [4.78, 5) is 0. The third-order valence-electron chi connectivity index (χ3n) is 1.55. The van der Waals surface area contributed by atoms with Crippen LogP contribution in [0.15, 0.2) is 0 Å². The van der Waals surface area contributed by atoms with E-state index in [4.69, 9.17) is 4.74 Å². The molecule has 1 heterocycles.